The summed E-state index contributed by atoms with van der Waals surface area (Å²) in [5.41, 5.74) is -0.599. The van der Waals surface area contributed by atoms with Gasteiger partial charge in [-0.25, -0.2) is 4.98 Å². The largest absolute Gasteiger partial charge is 0.389 e. The molecule has 0 saturated heterocycles. The molecule has 1 aromatic heterocycles. The van der Waals surface area contributed by atoms with Gasteiger partial charge in [-0.05, 0) is 19.8 Å². The quantitative estimate of drug-likeness (QED) is 0.782. The van der Waals surface area contributed by atoms with Gasteiger partial charge in [-0.15, -0.1) is 11.3 Å². The van der Waals surface area contributed by atoms with E-state index in [1.54, 1.807) is 11.3 Å². The highest BCUT2D eigenvalue weighted by Crippen LogP contribution is 2.13. The molecule has 0 aliphatic rings. The Morgan fingerprint density at radius 1 is 1.53 bits per heavy atom. The first kappa shape index (κ1) is 12.6. The predicted octanol–water partition coefficient (Wildman–Crippen LogP) is 1.96. The maximum Gasteiger partial charge on any atom is 0.0925 e. The van der Waals surface area contributed by atoms with E-state index >= 15 is 0 Å². The molecule has 1 heterocycles. The molecule has 2 N–H and O–H groups in total. The maximum atomic E-state index is 9.78. The van der Waals surface area contributed by atoms with E-state index in [0.717, 1.165) is 19.4 Å². The van der Waals surface area contributed by atoms with E-state index < -0.39 is 5.60 Å². The van der Waals surface area contributed by atoms with Crippen LogP contribution >= 0.6 is 11.3 Å². The molecular weight excluding hydrogens is 208 g/mol. The van der Waals surface area contributed by atoms with Crippen molar-refractivity contribution < 1.29 is 5.11 Å². The monoisotopic (exact) mass is 228 g/mol. The zero-order valence-electron chi connectivity index (χ0n) is 9.71. The first-order valence-electron chi connectivity index (χ1n) is 5.44. The molecule has 0 fully saturated rings. The summed E-state index contributed by atoms with van der Waals surface area (Å²) >= 11 is 1.74. The molecule has 0 aliphatic carbocycles. The summed E-state index contributed by atoms with van der Waals surface area (Å²) in [6.45, 7) is 7.38. The van der Waals surface area contributed by atoms with Gasteiger partial charge < -0.3 is 10.4 Å². The summed E-state index contributed by atoms with van der Waals surface area (Å²) in [4.78, 5) is 5.52. The van der Waals surface area contributed by atoms with Crippen molar-refractivity contribution in [2.24, 2.45) is 0 Å². The number of aliphatic hydroxyl groups is 1. The Labute approximate surface area is 95.6 Å². The molecule has 1 unspecified atom stereocenters. The van der Waals surface area contributed by atoms with Crippen LogP contribution in [0.15, 0.2) is 6.20 Å². The molecule has 0 spiro atoms. The fourth-order valence-electron chi connectivity index (χ4n) is 1.17. The van der Waals surface area contributed by atoms with Gasteiger partial charge in [-0.3, -0.25) is 0 Å². The van der Waals surface area contributed by atoms with Gasteiger partial charge in [0.1, 0.15) is 0 Å². The van der Waals surface area contributed by atoms with Crippen LogP contribution in [0, 0.1) is 0 Å². The van der Waals surface area contributed by atoms with Crippen molar-refractivity contribution in [3.05, 3.63) is 16.1 Å². The Hall–Kier alpha value is -0.450. The lowest BCUT2D eigenvalue weighted by atomic mass is 10.0. The Kier molecular flexibility index (Phi) is 4.70. The minimum absolute atomic E-state index is 0.599. The average Bonchev–Trinajstić information content (AvgIpc) is 2.66. The molecule has 0 saturated carbocycles. The summed E-state index contributed by atoms with van der Waals surface area (Å²) in [7, 11) is 0. The minimum atomic E-state index is -0.599. The van der Waals surface area contributed by atoms with Crippen LogP contribution < -0.4 is 5.32 Å². The fraction of sp³-hybridized carbons (Fsp3) is 0.727. The smallest absolute Gasteiger partial charge is 0.0925 e. The lowest BCUT2D eigenvalue weighted by Crippen LogP contribution is -2.36. The Morgan fingerprint density at radius 2 is 2.27 bits per heavy atom. The molecule has 1 rings (SSSR count). The third-order valence-corrected chi connectivity index (χ3v) is 3.61. The normalized spacial score (nSPS) is 15.2. The molecule has 0 aliphatic heterocycles. The number of thiazole rings is 1. The van der Waals surface area contributed by atoms with Crippen LogP contribution in [-0.4, -0.2) is 22.2 Å². The number of rotatable bonds is 6. The van der Waals surface area contributed by atoms with Crippen LogP contribution in [-0.2, 0) is 13.0 Å². The molecule has 1 aromatic rings. The standard InChI is InChI=1S/C11H20N2OS/c1-4-10-13-7-9(15-10)6-12-8-11(3,14)5-2/h7,12,14H,4-6,8H2,1-3H3. The molecule has 4 heteroatoms. The second kappa shape index (κ2) is 5.58. The number of hydrogen-bond acceptors (Lipinski definition) is 4. The van der Waals surface area contributed by atoms with E-state index in [1.165, 1.54) is 9.88 Å². The summed E-state index contributed by atoms with van der Waals surface area (Å²) in [6, 6.07) is 0. The molecule has 86 valence electrons. The van der Waals surface area contributed by atoms with Gasteiger partial charge in [-0.1, -0.05) is 13.8 Å². The van der Waals surface area contributed by atoms with Gasteiger partial charge in [0.15, 0.2) is 0 Å². The molecule has 0 amide bonds. The van der Waals surface area contributed by atoms with E-state index in [1.807, 2.05) is 20.0 Å². The van der Waals surface area contributed by atoms with Gasteiger partial charge in [0.2, 0.25) is 0 Å². The zero-order valence-corrected chi connectivity index (χ0v) is 10.5. The van der Waals surface area contributed by atoms with Crippen LogP contribution in [0.5, 0.6) is 0 Å². The predicted molar refractivity (Wildman–Crippen MR) is 64.1 cm³/mol. The van der Waals surface area contributed by atoms with E-state index in [9.17, 15) is 5.11 Å². The van der Waals surface area contributed by atoms with Crippen molar-refractivity contribution in [3.63, 3.8) is 0 Å². The Morgan fingerprint density at radius 3 is 2.80 bits per heavy atom. The number of nitrogens with one attached hydrogen (secondary N) is 1. The van der Waals surface area contributed by atoms with Crippen LogP contribution in [0.3, 0.4) is 0 Å². The van der Waals surface area contributed by atoms with Gasteiger partial charge in [-0.2, -0.15) is 0 Å². The summed E-state index contributed by atoms with van der Waals surface area (Å²) < 4.78 is 0. The molecule has 1 atom stereocenters. The highest BCUT2D eigenvalue weighted by molar-refractivity contribution is 7.11. The van der Waals surface area contributed by atoms with Gasteiger partial charge >= 0.3 is 0 Å². The molecular formula is C11H20N2OS. The molecule has 0 radical (unpaired) electrons. The molecule has 3 nitrogen and oxygen atoms in total. The third kappa shape index (κ3) is 4.28. The van der Waals surface area contributed by atoms with Gasteiger partial charge in [0.25, 0.3) is 0 Å². The fourth-order valence-corrected chi connectivity index (χ4v) is 2.01. The van der Waals surface area contributed by atoms with Crippen molar-refractivity contribution >= 4 is 11.3 Å². The average molecular weight is 228 g/mol. The van der Waals surface area contributed by atoms with E-state index in [0.29, 0.717) is 6.54 Å². The van der Waals surface area contributed by atoms with E-state index in [-0.39, 0.29) is 0 Å². The third-order valence-electron chi connectivity index (χ3n) is 2.47. The van der Waals surface area contributed by atoms with E-state index in [2.05, 4.69) is 17.2 Å². The molecule has 0 bridgehead atoms. The Balaban J connectivity index is 2.31. The first-order valence-corrected chi connectivity index (χ1v) is 6.25. The van der Waals surface area contributed by atoms with Crippen LogP contribution in [0.1, 0.15) is 37.1 Å². The maximum absolute atomic E-state index is 9.78. The molecule has 0 aromatic carbocycles. The van der Waals surface area contributed by atoms with Gasteiger partial charge in [0, 0.05) is 24.2 Å². The number of hydrogen-bond donors (Lipinski definition) is 2. The number of aryl methyl sites for hydroxylation is 1. The van der Waals surface area contributed by atoms with Crippen molar-refractivity contribution in [3.8, 4) is 0 Å². The topological polar surface area (TPSA) is 45.2 Å². The number of aromatic nitrogens is 1. The second-order valence-electron chi connectivity index (χ2n) is 4.03. The summed E-state index contributed by atoms with van der Waals surface area (Å²) in [5.74, 6) is 0. The zero-order chi connectivity index (χ0) is 11.3. The van der Waals surface area contributed by atoms with Crippen molar-refractivity contribution in [1.29, 1.82) is 0 Å². The SMILES string of the molecule is CCc1ncc(CNCC(C)(O)CC)s1. The first-order chi connectivity index (χ1) is 7.07. The Bertz CT molecular complexity index is 297. The van der Waals surface area contributed by atoms with Crippen molar-refractivity contribution in [1.82, 2.24) is 10.3 Å². The van der Waals surface area contributed by atoms with Gasteiger partial charge in [0.05, 0.1) is 10.6 Å². The molecule has 15 heavy (non-hydrogen) atoms. The van der Waals surface area contributed by atoms with Crippen LogP contribution in [0.4, 0.5) is 0 Å². The minimum Gasteiger partial charge on any atom is -0.389 e. The summed E-state index contributed by atoms with van der Waals surface area (Å²) in [5, 5.41) is 14.2. The highest BCUT2D eigenvalue weighted by atomic mass is 32.1. The lowest BCUT2D eigenvalue weighted by molar-refractivity contribution is 0.0556. The second-order valence-corrected chi connectivity index (χ2v) is 5.23. The van der Waals surface area contributed by atoms with E-state index in [4.69, 9.17) is 0 Å². The van der Waals surface area contributed by atoms with Crippen molar-refractivity contribution in [2.45, 2.75) is 45.8 Å². The summed E-state index contributed by atoms with van der Waals surface area (Å²) in [6.07, 6.45) is 3.68. The van der Waals surface area contributed by atoms with Crippen molar-refractivity contribution in [2.75, 3.05) is 6.54 Å². The number of nitrogens with zero attached hydrogens (tertiary/aromatic N) is 1. The van der Waals surface area contributed by atoms with Crippen LogP contribution in [0.25, 0.3) is 0 Å². The van der Waals surface area contributed by atoms with Crippen LogP contribution in [0.2, 0.25) is 0 Å². The lowest BCUT2D eigenvalue weighted by Gasteiger charge is -2.21. The highest BCUT2D eigenvalue weighted by Gasteiger charge is 2.16.